The van der Waals surface area contributed by atoms with Crippen LogP contribution < -0.4 is 4.90 Å². The molecule has 2 aromatic heterocycles. The molecule has 0 saturated carbocycles. The second-order valence-electron chi connectivity index (χ2n) is 11.8. The predicted molar refractivity (Wildman–Crippen MR) is 156 cm³/mol. The highest BCUT2D eigenvalue weighted by Crippen LogP contribution is 2.43. The zero-order chi connectivity index (χ0) is 29.4. The summed E-state index contributed by atoms with van der Waals surface area (Å²) in [6.45, 7) is 6.24. The second-order valence-corrected chi connectivity index (χ2v) is 11.8. The second kappa shape index (κ2) is 11.9. The average molecular weight is 580 g/mol. The van der Waals surface area contributed by atoms with Crippen LogP contribution in [0.15, 0.2) is 24.5 Å². The molecule has 1 saturated heterocycles. The van der Waals surface area contributed by atoms with Crippen molar-refractivity contribution in [1.82, 2.24) is 29.4 Å². The van der Waals surface area contributed by atoms with Crippen molar-refractivity contribution in [3.8, 4) is 11.1 Å². The maximum Gasteiger partial charge on any atom is 0.264 e. The topological polar surface area (TPSA) is 79.5 Å². The molecule has 0 radical (unpaired) electrons. The number of aromatic nitrogens is 4. The number of anilines is 2. The van der Waals surface area contributed by atoms with Gasteiger partial charge in [-0.1, -0.05) is 0 Å². The van der Waals surface area contributed by atoms with E-state index >= 15 is 0 Å². The van der Waals surface area contributed by atoms with E-state index in [1.54, 1.807) is 37.1 Å². The molecule has 3 aromatic rings. The Morgan fingerprint density at radius 1 is 1.14 bits per heavy atom. The minimum absolute atomic E-state index is 0.00531. The fourth-order valence-corrected chi connectivity index (χ4v) is 6.86. The molecule has 9 nitrogen and oxygen atoms in total. The van der Waals surface area contributed by atoms with Gasteiger partial charge in [0.15, 0.2) is 5.82 Å². The molecular weight excluding hydrogens is 540 g/mol. The fourth-order valence-electron chi connectivity index (χ4n) is 6.86. The summed E-state index contributed by atoms with van der Waals surface area (Å²) in [7, 11) is 1.78. The molecule has 0 bridgehead atoms. The first-order chi connectivity index (χ1) is 20.3. The van der Waals surface area contributed by atoms with Gasteiger partial charge < -0.3 is 19.5 Å². The molecule has 11 heteroatoms. The molecule has 1 amide bonds. The summed E-state index contributed by atoms with van der Waals surface area (Å²) < 4.78 is 32.8. The molecule has 224 valence electrons. The third-order valence-corrected chi connectivity index (χ3v) is 9.09. The Bertz CT molecular complexity index is 1460. The molecule has 0 spiro atoms. The summed E-state index contributed by atoms with van der Waals surface area (Å²) in [4.78, 5) is 29.5. The van der Waals surface area contributed by atoms with E-state index in [0.717, 1.165) is 92.8 Å². The van der Waals surface area contributed by atoms with Gasteiger partial charge in [0.25, 0.3) is 6.43 Å². The summed E-state index contributed by atoms with van der Waals surface area (Å²) in [6.07, 6.45) is 7.57. The Labute approximate surface area is 245 Å². The van der Waals surface area contributed by atoms with E-state index in [2.05, 4.69) is 19.6 Å². The number of piperidine rings is 1. The number of alkyl halides is 2. The first-order valence-corrected chi connectivity index (χ1v) is 15.1. The molecule has 1 aromatic carbocycles. The van der Waals surface area contributed by atoms with Crippen molar-refractivity contribution in [2.45, 2.75) is 70.9 Å². The first-order valence-electron chi connectivity index (χ1n) is 15.1. The van der Waals surface area contributed by atoms with Crippen LogP contribution in [0.25, 0.3) is 11.1 Å². The van der Waals surface area contributed by atoms with Crippen molar-refractivity contribution in [2.24, 2.45) is 7.05 Å². The summed E-state index contributed by atoms with van der Waals surface area (Å²) in [6, 6.07) is 3.80. The molecule has 0 unspecified atom stereocenters. The molecule has 0 atom stereocenters. The number of benzene rings is 1. The van der Waals surface area contributed by atoms with E-state index in [1.807, 2.05) is 11.0 Å². The molecule has 0 N–H and O–H groups in total. The number of carbonyl (C=O) groups excluding carboxylic acids is 2. The highest BCUT2D eigenvalue weighted by molar-refractivity contribution is 5.78. The minimum atomic E-state index is -2.63. The Kier molecular flexibility index (Phi) is 8.11. The first kappa shape index (κ1) is 28.5. The van der Waals surface area contributed by atoms with Crippen LogP contribution in [0.3, 0.4) is 0 Å². The number of hydrogen-bond donors (Lipinski definition) is 0. The fraction of sp³-hybridized carbons (Fsp3) is 0.548. The number of likely N-dealkylation sites (tertiary alicyclic amines) is 1. The lowest BCUT2D eigenvalue weighted by Crippen LogP contribution is -2.38. The lowest BCUT2D eigenvalue weighted by Gasteiger charge is -2.34. The smallest absolute Gasteiger partial charge is 0.264 e. The lowest BCUT2D eigenvalue weighted by atomic mass is 9.92. The van der Waals surface area contributed by atoms with Crippen LogP contribution >= 0.6 is 0 Å². The number of fused-ring (bicyclic) bond motifs is 2. The number of nitrogens with zero attached hydrogens (tertiary/aromatic N) is 7. The number of unbranched alkanes of at least 4 members (excludes halogenated alkanes) is 1. The van der Waals surface area contributed by atoms with Gasteiger partial charge in [-0.2, -0.15) is 10.2 Å². The van der Waals surface area contributed by atoms with Crippen LogP contribution in [0.1, 0.15) is 73.9 Å². The summed E-state index contributed by atoms with van der Waals surface area (Å²) in [5.41, 5.74) is 5.20. The number of carbonyl (C=O) groups is 2. The van der Waals surface area contributed by atoms with E-state index in [0.29, 0.717) is 37.2 Å². The van der Waals surface area contributed by atoms with Gasteiger partial charge >= 0.3 is 0 Å². The van der Waals surface area contributed by atoms with Crippen molar-refractivity contribution in [3.63, 3.8) is 0 Å². The largest absolute Gasteiger partial charge is 0.338 e. The number of amides is 1. The molecule has 1 fully saturated rings. The maximum absolute atomic E-state index is 14.5. The molecule has 3 aliphatic rings. The SMILES string of the molecule is CC(=O)N1CCc2c(c(N3CCCc4cc(-c5cnn(C)c5)c(C(F)F)cc43)nn2C2CCN(CCCC=O)CC2)C1. The van der Waals surface area contributed by atoms with Crippen molar-refractivity contribution in [2.75, 3.05) is 37.6 Å². The van der Waals surface area contributed by atoms with Gasteiger partial charge in [-0.3, -0.25) is 14.2 Å². The Morgan fingerprint density at radius 2 is 1.95 bits per heavy atom. The molecular formula is C31H39F2N7O2. The highest BCUT2D eigenvalue weighted by atomic mass is 19.3. The van der Waals surface area contributed by atoms with Crippen LogP contribution in [-0.4, -0.2) is 74.3 Å². The van der Waals surface area contributed by atoms with E-state index in [9.17, 15) is 18.4 Å². The number of rotatable bonds is 8. The van der Waals surface area contributed by atoms with Crippen LogP contribution in [-0.2, 0) is 36.0 Å². The van der Waals surface area contributed by atoms with E-state index in [1.165, 1.54) is 0 Å². The van der Waals surface area contributed by atoms with Gasteiger partial charge in [-0.15, -0.1) is 0 Å². The van der Waals surface area contributed by atoms with Crippen LogP contribution in [0.5, 0.6) is 0 Å². The normalized spacial score (nSPS) is 17.9. The zero-order valence-electron chi connectivity index (χ0n) is 24.4. The quantitative estimate of drug-likeness (QED) is 0.281. The van der Waals surface area contributed by atoms with Crippen molar-refractivity contribution in [3.05, 3.63) is 46.9 Å². The molecule has 5 heterocycles. The van der Waals surface area contributed by atoms with Gasteiger partial charge in [-0.05, 0) is 61.9 Å². The Balaban J connectivity index is 1.37. The highest BCUT2D eigenvalue weighted by Gasteiger charge is 2.34. The van der Waals surface area contributed by atoms with Gasteiger partial charge in [0.1, 0.15) is 6.29 Å². The molecule has 42 heavy (non-hydrogen) atoms. The standard InChI is InChI=1S/C31H39F2N7O2/c1-21(42)38-14-9-28-27(20-38)31(35-40(28)24-7-12-37(13-8-24)10-3-4-15-41)39-11-5-6-22-16-25(23-18-34-36(2)19-23)26(30(32)33)17-29(22)39/h15-19,24,30H,3-14,20H2,1-2H3. The summed E-state index contributed by atoms with van der Waals surface area (Å²) >= 11 is 0. The van der Waals surface area contributed by atoms with Gasteiger partial charge in [0.2, 0.25) is 5.91 Å². The summed E-state index contributed by atoms with van der Waals surface area (Å²) in [5, 5.41) is 9.44. The van der Waals surface area contributed by atoms with Gasteiger partial charge in [0.05, 0.1) is 18.8 Å². The van der Waals surface area contributed by atoms with E-state index < -0.39 is 6.43 Å². The minimum Gasteiger partial charge on any atom is -0.338 e. The van der Waals surface area contributed by atoms with Crippen molar-refractivity contribution >= 4 is 23.7 Å². The maximum atomic E-state index is 14.5. The molecule has 3 aliphatic heterocycles. The third-order valence-electron chi connectivity index (χ3n) is 9.09. The Hall–Kier alpha value is -3.60. The van der Waals surface area contributed by atoms with Gasteiger partial charge in [-0.25, -0.2) is 8.78 Å². The van der Waals surface area contributed by atoms with Crippen molar-refractivity contribution in [1.29, 1.82) is 0 Å². The van der Waals surface area contributed by atoms with E-state index in [4.69, 9.17) is 5.10 Å². The average Bonchev–Trinajstić information content (AvgIpc) is 3.60. The van der Waals surface area contributed by atoms with E-state index in [-0.39, 0.29) is 17.5 Å². The van der Waals surface area contributed by atoms with Crippen molar-refractivity contribution < 1.29 is 18.4 Å². The predicted octanol–water partition coefficient (Wildman–Crippen LogP) is 4.83. The van der Waals surface area contributed by atoms with Crippen LogP contribution in [0, 0.1) is 0 Å². The number of halogens is 2. The molecule has 0 aliphatic carbocycles. The molecule has 6 rings (SSSR count). The number of aldehydes is 1. The lowest BCUT2D eigenvalue weighted by molar-refractivity contribution is -0.129. The number of aryl methyl sites for hydroxylation is 2. The van der Waals surface area contributed by atoms with Crippen LogP contribution in [0.2, 0.25) is 0 Å². The monoisotopic (exact) mass is 579 g/mol. The number of hydrogen-bond acceptors (Lipinski definition) is 6. The summed E-state index contributed by atoms with van der Waals surface area (Å²) in [5.74, 6) is 0.822. The Morgan fingerprint density at radius 3 is 2.64 bits per heavy atom. The van der Waals surface area contributed by atoms with Crippen LogP contribution in [0.4, 0.5) is 20.3 Å². The zero-order valence-corrected chi connectivity index (χ0v) is 24.4. The third kappa shape index (κ3) is 5.46. The van der Waals surface area contributed by atoms with Gasteiger partial charge in [0, 0.05) is 87.3 Å².